The molecule has 0 unspecified atom stereocenters. The van der Waals surface area contributed by atoms with E-state index in [0.717, 1.165) is 36.1 Å². The van der Waals surface area contributed by atoms with Crippen molar-refractivity contribution in [2.24, 2.45) is 0 Å². The smallest absolute Gasteiger partial charge is 0.251 e. The number of benzene rings is 3. The third-order valence-electron chi connectivity index (χ3n) is 6.87. The quantitative estimate of drug-likeness (QED) is 0.583. The molecule has 2 fully saturated rings. The standard InChI is InChI=1S/C26H27FN4O2.ClH/c27-22-6-3-7-23(17-22)31-18-29-25(33)26(31)10-13-30(14-11-26)15-12-28-24(32)21-9-8-19-4-1-2-5-20(19)16-21;/h1-9,16-17H,10-15,18H2,(H,28,32)(H,29,33);1H. The highest BCUT2D eigenvalue weighted by atomic mass is 35.5. The van der Waals surface area contributed by atoms with Crippen LogP contribution in [0.3, 0.4) is 0 Å². The molecule has 0 saturated carbocycles. The minimum absolute atomic E-state index is 0. The van der Waals surface area contributed by atoms with Crippen molar-refractivity contribution in [1.82, 2.24) is 15.5 Å². The predicted octanol–water partition coefficient (Wildman–Crippen LogP) is 3.56. The molecule has 3 aromatic rings. The summed E-state index contributed by atoms with van der Waals surface area (Å²) in [5, 5.41) is 8.11. The zero-order valence-electron chi connectivity index (χ0n) is 18.8. The van der Waals surface area contributed by atoms with E-state index >= 15 is 0 Å². The van der Waals surface area contributed by atoms with Crippen molar-refractivity contribution in [1.29, 1.82) is 0 Å². The van der Waals surface area contributed by atoms with E-state index in [2.05, 4.69) is 15.5 Å². The number of nitrogens with one attached hydrogen (secondary N) is 2. The summed E-state index contributed by atoms with van der Waals surface area (Å²) in [6.07, 6.45) is 1.32. The molecule has 2 aliphatic heterocycles. The van der Waals surface area contributed by atoms with Crippen LogP contribution in [0.5, 0.6) is 0 Å². The van der Waals surface area contributed by atoms with Crippen LogP contribution in [0.25, 0.3) is 10.8 Å². The minimum Gasteiger partial charge on any atom is -0.351 e. The van der Waals surface area contributed by atoms with Crippen LogP contribution < -0.4 is 15.5 Å². The van der Waals surface area contributed by atoms with E-state index in [1.807, 2.05) is 53.4 Å². The summed E-state index contributed by atoms with van der Waals surface area (Å²) in [7, 11) is 0. The van der Waals surface area contributed by atoms with Gasteiger partial charge in [-0.25, -0.2) is 4.39 Å². The van der Waals surface area contributed by atoms with Gasteiger partial charge in [0.15, 0.2) is 0 Å². The lowest BCUT2D eigenvalue weighted by Crippen LogP contribution is -2.57. The Morgan fingerprint density at radius 3 is 2.53 bits per heavy atom. The van der Waals surface area contributed by atoms with Crippen molar-refractivity contribution < 1.29 is 14.0 Å². The van der Waals surface area contributed by atoms with E-state index in [1.54, 1.807) is 6.07 Å². The van der Waals surface area contributed by atoms with Gasteiger partial charge in [0.1, 0.15) is 11.4 Å². The van der Waals surface area contributed by atoms with Crippen LogP contribution in [0, 0.1) is 5.82 Å². The number of carbonyl (C=O) groups excluding carboxylic acids is 2. The molecule has 5 rings (SSSR count). The fourth-order valence-electron chi connectivity index (χ4n) is 4.98. The molecular weight excluding hydrogens is 455 g/mol. The monoisotopic (exact) mass is 482 g/mol. The van der Waals surface area contributed by atoms with Crippen molar-refractivity contribution in [3.05, 3.63) is 78.1 Å². The van der Waals surface area contributed by atoms with E-state index in [9.17, 15) is 14.0 Å². The summed E-state index contributed by atoms with van der Waals surface area (Å²) >= 11 is 0. The van der Waals surface area contributed by atoms with Crippen molar-refractivity contribution >= 4 is 40.7 Å². The largest absolute Gasteiger partial charge is 0.351 e. The zero-order chi connectivity index (χ0) is 22.8. The van der Waals surface area contributed by atoms with Gasteiger partial charge >= 0.3 is 0 Å². The number of hydrogen-bond donors (Lipinski definition) is 2. The van der Waals surface area contributed by atoms with Gasteiger partial charge in [0.2, 0.25) is 5.91 Å². The fourth-order valence-corrected chi connectivity index (χ4v) is 4.98. The maximum Gasteiger partial charge on any atom is 0.251 e. The molecule has 6 nitrogen and oxygen atoms in total. The normalized spacial score (nSPS) is 17.4. The molecule has 2 saturated heterocycles. The Morgan fingerprint density at radius 1 is 1.00 bits per heavy atom. The van der Waals surface area contributed by atoms with Crippen LogP contribution in [-0.2, 0) is 4.79 Å². The Labute approximate surface area is 204 Å². The molecular formula is C26H28ClFN4O2. The Bertz CT molecular complexity index is 1200. The number of hydrogen-bond acceptors (Lipinski definition) is 4. The molecule has 0 radical (unpaired) electrons. The van der Waals surface area contributed by atoms with Gasteiger partial charge in [-0.15, -0.1) is 12.4 Å². The Kier molecular flexibility index (Phi) is 7.05. The maximum atomic E-state index is 13.8. The number of piperidine rings is 1. The summed E-state index contributed by atoms with van der Waals surface area (Å²) < 4.78 is 13.8. The second-order valence-electron chi connectivity index (χ2n) is 8.76. The molecule has 1 spiro atoms. The topological polar surface area (TPSA) is 64.7 Å². The first-order valence-electron chi connectivity index (χ1n) is 11.4. The van der Waals surface area contributed by atoms with Gasteiger partial charge in [-0.05, 0) is 53.9 Å². The van der Waals surface area contributed by atoms with Crippen LogP contribution >= 0.6 is 12.4 Å². The molecule has 0 aliphatic carbocycles. The van der Waals surface area contributed by atoms with Crippen LogP contribution in [0.2, 0.25) is 0 Å². The molecule has 0 bridgehead atoms. The number of amides is 2. The molecule has 0 atom stereocenters. The van der Waals surface area contributed by atoms with Gasteiger partial charge in [-0.2, -0.15) is 0 Å². The molecule has 2 heterocycles. The van der Waals surface area contributed by atoms with Gasteiger partial charge in [-0.1, -0.05) is 36.4 Å². The minimum atomic E-state index is -0.640. The number of likely N-dealkylation sites (tertiary alicyclic amines) is 1. The summed E-state index contributed by atoms with van der Waals surface area (Å²) in [6.45, 7) is 3.13. The average Bonchev–Trinajstić information content (AvgIpc) is 3.15. The van der Waals surface area contributed by atoms with E-state index in [1.165, 1.54) is 12.1 Å². The van der Waals surface area contributed by atoms with Crippen LogP contribution in [0.1, 0.15) is 23.2 Å². The number of anilines is 1. The average molecular weight is 483 g/mol. The fraction of sp³-hybridized carbons (Fsp3) is 0.308. The second-order valence-corrected chi connectivity index (χ2v) is 8.76. The van der Waals surface area contributed by atoms with Crippen molar-refractivity contribution in [3.8, 4) is 0 Å². The van der Waals surface area contributed by atoms with Crippen molar-refractivity contribution in [2.45, 2.75) is 18.4 Å². The number of rotatable bonds is 5. The molecule has 2 amide bonds. The lowest BCUT2D eigenvalue weighted by atomic mass is 9.85. The van der Waals surface area contributed by atoms with E-state index < -0.39 is 5.54 Å². The Morgan fingerprint density at radius 2 is 1.76 bits per heavy atom. The Hall–Kier alpha value is -3.16. The first-order chi connectivity index (χ1) is 16.0. The zero-order valence-corrected chi connectivity index (χ0v) is 19.6. The molecule has 178 valence electrons. The molecule has 34 heavy (non-hydrogen) atoms. The van der Waals surface area contributed by atoms with E-state index in [-0.39, 0.29) is 30.0 Å². The highest BCUT2D eigenvalue weighted by Gasteiger charge is 2.50. The highest BCUT2D eigenvalue weighted by Crippen LogP contribution is 2.36. The number of halogens is 2. The van der Waals surface area contributed by atoms with Gasteiger partial charge in [0, 0.05) is 37.4 Å². The molecule has 3 aromatic carbocycles. The van der Waals surface area contributed by atoms with Gasteiger partial charge in [0.25, 0.3) is 5.91 Å². The second kappa shape index (κ2) is 9.99. The van der Waals surface area contributed by atoms with Crippen LogP contribution in [0.4, 0.5) is 10.1 Å². The highest BCUT2D eigenvalue weighted by molar-refractivity contribution is 5.98. The van der Waals surface area contributed by atoms with Crippen LogP contribution in [0.15, 0.2) is 66.7 Å². The van der Waals surface area contributed by atoms with Gasteiger partial charge < -0.3 is 20.4 Å². The Balaban J connectivity index is 0.00000274. The maximum absolute atomic E-state index is 13.8. The lowest BCUT2D eigenvalue weighted by Gasteiger charge is -2.43. The van der Waals surface area contributed by atoms with E-state index in [4.69, 9.17) is 0 Å². The summed E-state index contributed by atoms with van der Waals surface area (Å²) in [5.74, 6) is -0.376. The first-order valence-corrected chi connectivity index (χ1v) is 11.4. The molecule has 8 heteroatoms. The summed E-state index contributed by atoms with van der Waals surface area (Å²) in [6, 6.07) is 20.1. The summed E-state index contributed by atoms with van der Waals surface area (Å²) in [5.41, 5.74) is 0.739. The third-order valence-corrected chi connectivity index (χ3v) is 6.87. The first kappa shape index (κ1) is 24.0. The van der Waals surface area contributed by atoms with E-state index in [0.29, 0.717) is 31.6 Å². The van der Waals surface area contributed by atoms with Crippen molar-refractivity contribution in [3.63, 3.8) is 0 Å². The number of nitrogens with zero attached hydrogens (tertiary/aromatic N) is 2. The molecule has 2 N–H and O–H groups in total. The predicted molar refractivity (Wildman–Crippen MR) is 134 cm³/mol. The summed E-state index contributed by atoms with van der Waals surface area (Å²) in [4.78, 5) is 29.6. The SMILES string of the molecule is Cl.O=C(NCCN1CCC2(CC1)C(=O)NCN2c1cccc(F)c1)c1ccc2ccccc2c1. The van der Waals surface area contributed by atoms with Crippen molar-refractivity contribution in [2.75, 3.05) is 37.7 Å². The third kappa shape index (κ3) is 4.58. The number of carbonyl (C=O) groups is 2. The van der Waals surface area contributed by atoms with Gasteiger partial charge in [0.05, 0.1) is 6.67 Å². The molecule has 2 aliphatic rings. The molecule has 0 aromatic heterocycles. The number of fused-ring (bicyclic) bond motifs is 1. The van der Waals surface area contributed by atoms with Gasteiger partial charge in [-0.3, -0.25) is 9.59 Å². The van der Waals surface area contributed by atoms with Crippen LogP contribution in [-0.4, -0.2) is 55.1 Å². The lowest BCUT2D eigenvalue weighted by molar-refractivity contribution is -0.125.